The highest BCUT2D eigenvalue weighted by molar-refractivity contribution is 6.11. The molecule has 0 N–H and O–H groups in total. The van der Waals surface area contributed by atoms with E-state index in [4.69, 9.17) is 4.74 Å². The van der Waals surface area contributed by atoms with Crippen LogP contribution in [0.5, 0.6) is 0 Å². The quantitative estimate of drug-likeness (QED) is 0.484. The Bertz CT molecular complexity index is 222. The molecule has 1 heterocycles. The van der Waals surface area contributed by atoms with Crippen molar-refractivity contribution in [2.45, 2.75) is 52.6 Å². The smallest absolute Gasteiger partial charge is 0.139 e. The summed E-state index contributed by atoms with van der Waals surface area (Å²) in [6, 6.07) is 0.381. The third-order valence-electron chi connectivity index (χ3n) is 3.64. The largest absolute Gasteiger partial charge is 0.379 e. The van der Waals surface area contributed by atoms with Gasteiger partial charge in [-0.2, -0.15) is 0 Å². The third-order valence-corrected chi connectivity index (χ3v) is 3.64. The first-order valence-electron chi connectivity index (χ1n) is 5.72. The molecule has 0 aromatic rings. The second-order valence-electron chi connectivity index (χ2n) is 5.38. The average molecular weight is 194 g/mol. The summed E-state index contributed by atoms with van der Waals surface area (Å²) in [5, 5.41) is 0. The van der Waals surface area contributed by atoms with E-state index < -0.39 is 0 Å². The highest BCUT2D eigenvalue weighted by atomic mass is 16.5. The zero-order valence-electron chi connectivity index (χ0n) is 10.3. The molecule has 0 saturated carbocycles. The van der Waals surface area contributed by atoms with Crippen LogP contribution in [0.15, 0.2) is 12.2 Å². The maximum Gasteiger partial charge on any atom is 0.139 e. The van der Waals surface area contributed by atoms with Gasteiger partial charge in [0.15, 0.2) is 0 Å². The van der Waals surface area contributed by atoms with Crippen LogP contribution in [-0.4, -0.2) is 20.0 Å². The molecule has 0 amide bonds. The minimum absolute atomic E-state index is 0.222. The summed E-state index contributed by atoms with van der Waals surface area (Å²) in [5.41, 5.74) is 1.51. The lowest BCUT2D eigenvalue weighted by molar-refractivity contribution is -0.0518. The highest BCUT2D eigenvalue weighted by Gasteiger charge is 2.37. The van der Waals surface area contributed by atoms with Crippen molar-refractivity contribution in [3.63, 3.8) is 0 Å². The number of hydrogen-bond acceptors (Lipinski definition) is 1. The second kappa shape index (κ2) is 4.10. The molecule has 1 fully saturated rings. The van der Waals surface area contributed by atoms with Gasteiger partial charge in [-0.15, -0.1) is 0 Å². The lowest BCUT2D eigenvalue weighted by Gasteiger charge is -2.43. The summed E-state index contributed by atoms with van der Waals surface area (Å²) in [6.07, 6.45) is 2.50. The first kappa shape index (κ1) is 11.8. The molecule has 1 aliphatic heterocycles. The maximum atomic E-state index is 6.03. The predicted octanol–water partition coefficient (Wildman–Crippen LogP) is 2.36. The van der Waals surface area contributed by atoms with E-state index in [0.717, 1.165) is 12.8 Å². The van der Waals surface area contributed by atoms with Crippen molar-refractivity contribution in [1.29, 1.82) is 0 Å². The van der Waals surface area contributed by atoms with Crippen LogP contribution in [0.25, 0.3) is 0 Å². The summed E-state index contributed by atoms with van der Waals surface area (Å²) in [4.78, 5) is 0. The Balaban J connectivity index is 2.81. The molecule has 3 atom stereocenters. The van der Waals surface area contributed by atoms with E-state index in [1.807, 2.05) is 0 Å². The van der Waals surface area contributed by atoms with Gasteiger partial charge in [-0.1, -0.05) is 34.3 Å². The van der Waals surface area contributed by atoms with Crippen molar-refractivity contribution in [1.82, 2.24) is 0 Å². The molecule has 2 heteroatoms. The van der Waals surface area contributed by atoms with Crippen LogP contribution in [0.1, 0.15) is 40.5 Å². The normalized spacial score (nSPS) is 34.6. The summed E-state index contributed by atoms with van der Waals surface area (Å²) >= 11 is 0. The molecule has 1 saturated heterocycles. The Labute approximate surface area is 89.3 Å². The molecule has 0 aromatic heterocycles. The fraction of sp³-hybridized carbons (Fsp3) is 0.833. The Morgan fingerprint density at radius 3 is 2.64 bits per heavy atom. The molecule has 1 nitrogen and oxygen atoms in total. The van der Waals surface area contributed by atoms with Crippen LogP contribution in [0.2, 0.25) is 0 Å². The van der Waals surface area contributed by atoms with Gasteiger partial charge in [0.25, 0.3) is 0 Å². The molecular formula is C12H23BO. The Hall–Kier alpha value is -0.235. The summed E-state index contributed by atoms with van der Waals surface area (Å²) in [7, 11) is 2.17. The lowest BCUT2D eigenvalue weighted by atomic mass is 9.72. The van der Waals surface area contributed by atoms with E-state index in [1.165, 1.54) is 5.57 Å². The van der Waals surface area contributed by atoms with E-state index in [9.17, 15) is 0 Å². The lowest BCUT2D eigenvalue weighted by Crippen LogP contribution is -2.42. The molecule has 14 heavy (non-hydrogen) atoms. The molecule has 0 spiro atoms. The SMILES string of the molecule is B[C@H]1CC(C)C(=C)C(C(C)(C)CC)O1. The van der Waals surface area contributed by atoms with E-state index in [-0.39, 0.29) is 11.5 Å². The highest BCUT2D eigenvalue weighted by Crippen LogP contribution is 2.39. The minimum Gasteiger partial charge on any atom is -0.379 e. The molecular weight excluding hydrogens is 171 g/mol. The van der Waals surface area contributed by atoms with E-state index >= 15 is 0 Å². The van der Waals surface area contributed by atoms with Crippen molar-refractivity contribution in [2.24, 2.45) is 11.3 Å². The van der Waals surface area contributed by atoms with Gasteiger partial charge < -0.3 is 4.74 Å². The Morgan fingerprint density at radius 1 is 1.57 bits per heavy atom. The van der Waals surface area contributed by atoms with Gasteiger partial charge in [-0.05, 0) is 29.7 Å². The van der Waals surface area contributed by atoms with Crippen molar-refractivity contribution < 1.29 is 4.74 Å². The molecule has 2 unspecified atom stereocenters. The van der Waals surface area contributed by atoms with Gasteiger partial charge in [-0.25, -0.2) is 0 Å². The zero-order valence-corrected chi connectivity index (χ0v) is 10.3. The van der Waals surface area contributed by atoms with Crippen LogP contribution in [-0.2, 0) is 4.74 Å². The van der Waals surface area contributed by atoms with E-state index in [1.54, 1.807) is 0 Å². The Kier molecular flexibility index (Phi) is 3.46. The summed E-state index contributed by atoms with van der Waals surface area (Å²) in [6.45, 7) is 13.2. The molecule has 0 radical (unpaired) electrons. The second-order valence-corrected chi connectivity index (χ2v) is 5.38. The third kappa shape index (κ3) is 2.22. The molecule has 1 aliphatic rings. The van der Waals surface area contributed by atoms with Gasteiger partial charge in [0.05, 0.1) is 6.10 Å². The molecule has 0 bridgehead atoms. The molecule has 0 aliphatic carbocycles. The van der Waals surface area contributed by atoms with Gasteiger partial charge in [0, 0.05) is 6.00 Å². The predicted molar refractivity (Wildman–Crippen MR) is 64.2 cm³/mol. The first-order chi connectivity index (χ1) is 6.38. The van der Waals surface area contributed by atoms with E-state index in [0.29, 0.717) is 11.9 Å². The van der Waals surface area contributed by atoms with Gasteiger partial charge >= 0.3 is 0 Å². The van der Waals surface area contributed by atoms with Crippen molar-refractivity contribution in [3.8, 4) is 0 Å². The van der Waals surface area contributed by atoms with Gasteiger partial charge in [0.2, 0.25) is 0 Å². The molecule has 80 valence electrons. The monoisotopic (exact) mass is 194 g/mol. The fourth-order valence-electron chi connectivity index (χ4n) is 2.15. The van der Waals surface area contributed by atoms with Gasteiger partial charge in [0.1, 0.15) is 7.85 Å². The average Bonchev–Trinajstić information content (AvgIpc) is 2.11. The molecule has 1 rings (SSSR count). The van der Waals surface area contributed by atoms with Crippen LogP contribution in [0.4, 0.5) is 0 Å². The number of ether oxygens (including phenoxy) is 1. The number of hydrogen-bond donors (Lipinski definition) is 0. The maximum absolute atomic E-state index is 6.03. The fourth-order valence-corrected chi connectivity index (χ4v) is 2.15. The summed E-state index contributed by atoms with van der Waals surface area (Å²) in [5.74, 6) is 0.606. The van der Waals surface area contributed by atoms with E-state index in [2.05, 4.69) is 42.1 Å². The number of rotatable bonds is 2. The van der Waals surface area contributed by atoms with Crippen LogP contribution >= 0.6 is 0 Å². The van der Waals surface area contributed by atoms with Crippen molar-refractivity contribution >= 4 is 7.85 Å². The van der Waals surface area contributed by atoms with Crippen molar-refractivity contribution in [2.75, 3.05) is 0 Å². The van der Waals surface area contributed by atoms with Crippen LogP contribution < -0.4 is 0 Å². The van der Waals surface area contributed by atoms with Crippen LogP contribution in [0.3, 0.4) is 0 Å². The minimum atomic E-state index is 0.222. The van der Waals surface area contributed by atoms with Crippen molar-refractivity contribution in [3.05, 3.63) is 12.2 Å². The van der Waals surface area contributed by atoms with Crippen LogP contribution in [0, 0.1) is 11.3 Å². The van der Waals surface area contributed by atoms with Gasteiger partial charge in [-0.3, -0.25) is 0 Å². The summed E-state index contributed by atoms with van der Waals surface area (Å²) < 4.78 is 6.03. The topological polar surface area (TPSA) is 9.23 Å². The molecule has 0 aromatic carbocycles. The Morgan fingerprint density at radius 2 is 2.14 bits per heavy atom. The zero-order chi connectivity index (χ0) is 10.9. The standard InChI is InChI=1S/C12H23BO/c1-6-12(4,5)11-9(3)8(2)7-10(13)14-11/h8,10-11H,3,6-7,13H2,1-2,4-5H3/t8?,10-,11?/m1/s1. The first-order valence-corrected chi connectivity index (χ1v) is 5.72.